The first kappa shape index (κ1) is 23.9. The lowest BCUT2D eigenvalue weighted by Crippen LogP contribution is -2.25. The maximum absolute atomic E-state index is 12.8. The number of aromatic amines is 1. The van der Waals surface area contributed by atoms with Crippen molar-refractivity contribution >= 4 is 35.0 Å². The number of carbonyl (C=O) groups is 4. The molecule has 1 unspecified atom stereocenters. The summed E-state index contributed by atoms with van der Waals surface area (Å²) in [5.74, 6) is -2.07. The van der Waals surface area contributed by atoms with Crippen LogP contribution in [-0.4, -0.2) is 48.2 Å². The van der Waals surface area contributed by atoms with Gasteiger partial charge in [-0.3, -0.25) is 14.4 Å². The van der Waals surface area contributed by atoms with E-state index in [1.807, 2.05) is 0 Å². The normalized spacial score (nSPS) is 11.5. The van der Waals surface area contributed by atoms with Gasteiger partial charge < -0.3 is 24.9 Å². The Balaban J connectivity index is 2.24. The molecule has 31 heavy (non-hydrogen) atoms. The van der Waals surface area contributed by atoms with Crippen LogP contribution in [-0.2, 0) is 9.53 Å². The van der Waals surface area contributed by atoms with E-state index in [4.69, 9.17) is 31.5 Å². The summed E-state index contributed by atoms with van der Waals surface area (Å²) in [7, 11) is 1.33. The van der Waals surface area contributed by atoms with E-state index in [0.29, 0.717) is 16.8 Å². The molecule has 0 aliphatic rings. The molecule has 0 fully saturated rings. The van der Waals surface area contributed by atoms with Gasteiger partial charge in [0.1, 0.15) is 0 Å². The third kappa shape index (κ3) is 5.24. The number of H-pyrrole nitrogens is 1. The number of hydrogen-bond donors (Lipinski definition) is 2. The summed E-state index contributed by atoms with van der Waals surface area (Å²) in [4.78, 5) is 51.0. The van der Waals surface area contributed by atoms with Gasteiger partial charge in [-0.1, -0.05) is 11.6 Å². The first-order chi connectivity index (χ1) is 14.5. The summed E-state index contributed by atoms with van der Waals surface area (Å²) in [6, 6.07) is 2.57. The van der Waals surface area contributed by atoms with Gasteiger partial charge in [-0.2, -0.15) is 0 Å². The molecule has 3 N–H and O–H groups in total. The molecule has 166 valence electrons. The average molecular weight is 451 g/mol. The number of carbonyl (C=O) groups excluding carboxylic acids is 4. The number of benzene rings is 1. The third-order valence-corrected chi connectivity index (χ3v) is 4.79. The largest absolute Gasteiger partial charge is 0.493 e. The minimum absolute atomic E-state index is 0.00605. The Morgan fingerprint density at radius 2 is 1.84 bits per heavy atom. The van der Waals surface area contributed by atoms with Gasteiger partial charge in [0.2, 0.25) is 5.78 Å². The number of ketones is 2. The number of amides is 1. The molecular formula is C21H23ClN2O7. The van der Waals surface area contributed by atoms with Crippen LogP contribution in [0, 0.1) is 13.8 Å². The van der Waals surface area contributed by atoms with Crippen molar-refractivity contribution in [2.24, 2.45) is 5.73 Å². The molecule has 0 saturated heterocycles. The van der Waals surface area contributed by atoms with Crippen LogP contribution in [0.1, 0.15) is 56.3 Å². The zero-order valence-electron chi connectivity index (χ0n) is 17.8. The van der Waals surface area contributed by atoms with E-state index in [1.54, 1.807) is 13.8 Å². The highest BCUT2D eigenvalue weighted by atomic mass is 35.5. The number of nitrogens with two attached hydrogens (primary N) is 1. The second-order valence-corrected chi connectivity index (χ2v) is 7.24. The average Bonchev–Trinajstić information content (AvgIpc) is 2.99. The van der Waals surface area contributed by atoms with Crippen LogP contribution in [0.4, 0.5) is 0 Å². The quantitative estimate of drug-likeness (QED) is 0.442. The van der Waals surface area contributed by atoms with Gasteiger partial charge in [0.25, 0.3) is 5.91 Å². The number of aryl methyl sites for hydroxylation is 1. The molecule has 0 radical (unpaired) electrons. The van der Waals surface area contributed by atoms with Crippen molar-refractivity contribution in [1.29, 1.82) is 0 Å². The monoisotopic (exact) mass is 450 g/mol. The van der Waals surface area contributed by atoms with Crippen molar-refractivity contribution in [2.75, 3.05) is 13.7 Å². The molecule has 0 aliphatic heterocycles. The second-order valence-electron chi connectivity index (χ2n) is 6.84. The Hall–Kier alpha value is -3.33. The first-order valence-corrected chi connectivity index (χ1v) is 9.59. The van der Waals surface area contributed by atoms with Gasteiger partial charge >= 0.3 is 5.97 Å². The van der Waals surface area contributed by atoms with Crippen LogP contribution in [0.25, 0.3) is 0 Å². The molecule has 10 heteroatoms. The summed E-state index contributed by atoms with van der Waals surface area (Å²) in [5.41, 5.74) is 6.77. The fraction of sp³-hybridized carbons (Fsp3) is 0.333. The Labute approximate surface area is 183 Å². The highest BCUT2D eigenvalue weighted by Gasteiger charge is 2.27. The first-order valence-electron chi connectivity index (χ1n) is 9.21. The Morgan fingerprint density at radius 3 is 2.35 bits per heavy atom. The molecule has 0 spiro atoms. The SMILES string of the molecule is COc1cc(C(=O)OC(C)C(=O)c2[nH]c(C)c(C(C)=O)c2C)cc(Cl)c1OCC(N)=O. The van der Waals surface area contributed by atoms with Gasteiger partial charge in [-0.05, 0) is 45.4 Å². The van der Waals surface area contributed by atoms with E-state index in [9.17, 15) is 19.2 Å². The number of primary amides is 1. The highest BCUT2D eigenvalue weighted by molar-refractivity contribution is 6.32. The second kappa shape index (κ2) is 9.65. The summed E-state index contributed by atoms with van der Waals surface area (Å²) >= 11 is 6.14. The van der Waals surface area contributed by atoms with Crippen LogP contribution in [0.15, 0.2) is 12.1 Å². The van der Waals surface area contributed by atoms with Gasteiger partial charge in [0.15, 0.2) is 30.0 Å². The van der Waals surface area contributed by atoms with Crippen LogP contribution < -0.4 is 15.2 Å². The van der Waals surface area contributed by atoms with E-state index < -0.39 is 30.4 Å². The number of hydrogen-bond acceptors (Lipinski definition) is 7. The van der Waals surface area contributed by atoms with Crippen LogP contribution in [0.3, 0.4) is 0 Å². The number of Topliss-reactive ketones (excluding diaryl/α,β-unsaturated/α-hetero) is 2. The van der Waals surface area contributed by atoms with Crippen molar-refractivity contribution in [3.05, 3.63) is 45.2 Å². The summed E-state index contributed by atoms with van der Waals surface area (Å²) in [6.45, 7) is 5.74. The number of nitrogens with one attached hydrogen (secondary N) is 1. The molecular weight excluding hydrogens is 428 g/mol. The van der Waals surface area contributed by atoms with Gasteiger partial charge in [0, 0.05) is 11.3 Å². The van der Waals surface area contributed by atoms with Crippen molar-refractivity contribution in [1.82, 2.24) is 4.98 Å². The lowest BCUT2D eigenvalue weighted by Gasteiger charge is -2.15. The van der Waals surface area contributed by atoms with E-state index in [-0.39, 0.29) is 33.6 Å². The van der Waals surface area contributed by atoms with Crippen molar-refractivity contribution < 1.29 is 33.4 Å². The molecule has 2 aromatic rings. The van der Waals surface area contributed by atoms with Crippen LogP contribution in [0.5, 0.6) is 11.5 Å². The zero-order valence-corrected chi connectivity index (χ0v) is 18.5. The Kier molecular flexibility index (Phi) is 7.46. The number of halogens is 1. The Morgan fingerprint density at radius 1 is 1.19 bits per heavy atom. The molecule has 1 amide bonds. The molecule has 1 atom stereocenters. The molecule has 0 bridgehead atoms. The summed E-state index contributed by atoms with van der Waals surface area (Å²) in [6.07, 6.45) is -1.14. The lowest BCUT2D eigenvalue weighted by molar-refractivity contribution is -0.119. The number of aromatic nitrogens is 1. The maximum Gasteiger partial charge on any atom is 0.339 e. The highest BCUT2D eigenvalue weighted by Crippen LogP contribution is 2.36. The molecule has 1 aromatic heterocycles. The topological polar surface area (TPSA) is 138 Å². The molecule has 1 heterocycles. The van der Waals surface area contributed by atoms with E-state index in [0.717, 1.165) is 0 Å². The Bertz CT molecular complexity index is 1060. The van der Waals surface area contributed by atoms with E-state index >= 15 is 0 Å². The molecule has 0 aliphatic carbocycles. The summed E-state index contributed by atoms with van der Waals surface area (Å²) in [5, 5.41) is -0.00605. The maximum atomic E-state index is 12.8. The minimum atomic E-state index is -1.14. The van der Waals surface area contributed by atoms with Gasteiger partial charge in [-0.25, -0.2) is 4.79 Å². The van der Waals surface area contributed by atoms with E-state index in [1.165, 1.54) is 33.1 Å². The third-order valence-electron chi connectivity index (χ3n) is 4.51. The lowest BCUT2D eigenvalue weighted by atomic mass is 10.0. The van der Waals surface area contributed by atoms with Gasteiger partial charge in [-0.15, -0.1) is 0 Å². The van der Waals surface area contributed by atoms with Crippen molar-refractivity contribution in [3.8, 4) is 11.5 Å². The summed E-state index contributed by atoms with van der Waals surface area (Å²) < 4.78 is 15.6. The zero-order chi connectivity index (χ0) is 23.5. The fourth-order valence-corrected chi connectivity index (χ4v) is 3.40. The number of rotatable bonds is 9. The van der Waals surface area contributed by atoms with Crippen LogP contribution >= 0.6 is 11.6 Å². The smallest absolute Gasteiger partial charge is 0.339 e. The molecule has 1 aromatic carbocycles. The van der Waals surface area contributed by atoms with Gasteiger partial charge in [0.05, 0.1) is 23.4 Å². The molecule has 2 rings (SSSR count). The van der Waals surface area contributed by atoms with Crippen molar-refractivity contribution in [2.45, 2.75) is 33.8 Å². The molecule has 0 saturated carbocycles. The molecule has 9 nitrogen and oxygen atoms in total. The number of esters is 1. The number of methoxy groups -OCH3 is 1. The minimum Gasteiger partial charge on any atom is -0.493 e. The predicted molar refractivity (Wildman–Crippen MR) is 112 cm³/mol. The van der Waals surface area contributed by atoms with Crippen LogP contribution in [0.2, 0.25) is 5.02 Å². The fourth-order valence-electron chi connectivity index (χ4n) is 3.13. The van der Waals surface area contributed by atoms with Crippen molar-refractivity contribution in [3.63, 3.8) is 0 Å². The predicted octanol–water partition coefficient (Wildman–Crippen LogP) is 2.79. The number of ether oxygens (including phenoxy) is 3. The van der Waals surface area contributed by atoms with E-state index in [2.05, 4.69) is 4.98 Å². The standard InChI is InChI=1S/C21H23ClN2O7/c1-9-17(11(3)25)10(2)24-18(9)19(27)12(4)31-21(28)13-6-14(22)20(15(7-13)29-5)30-8-16(23)26/h6-7,12,24H,8H2,1-5H3,(H2,23,26).